The predicted molar refractivity (Wildman–Crippen MR) is 65.2 cm³/mol. The molecule has 0 amide bonds. The van der Waals surface area contributed by atoms with Gasteiger partial charge in [0.1, 0.15) is 0 Å². The van der Waals surface area contributed by atoms with Crippen LogP contribution in [0.15, 0.2) is 0 Å². The van der Waals surface area contributed by atoms with E-state index >= 15 is 0 Å². The van der Waals surface area contributed by atoms with E-state index in [0.717, 1.165) is 13.2 Å². The Morgan fingerprint density at radius 2 is 2.07 bits per heavy atom. The molecule has 0 N–H and O–H groups in total. The number of ether oxygens (including phenoxy) is 1. The molecule has 90 valence electrons. The van der Waals surface area contributed by atoms with Crippen molar-refractivity contribution >= 4 is 0 Å². The van der Waals surface area contributed by atoms with Crippen molar-refractivity contribution in [2.24, 2.45) is 0 Å². The van der Waals surface area contributed by atoms with Crippen LogP contribution in [0.4, 0.5) is 0 Å². The third-order valence-electron chi connectivity index (χ3n) is 3.20. The molecule has 0 saturated carbocycles. The van der Waals surface area contributed by atoms with E-state index < -0.39 is 0 Å². The molecule has 0 aromatic rings. The molecular weight excluding hydrogens is 186 g/mol. The van der Waals surface area contributed by atoms with Crippen molar-refractivity contribution in [1.29, 1.82) is 0 Å². The fourth-order valence-electron chi connectivity index (χ4n) is 2.24. The van der Waals surface area contributed by atoms with Gasteiger partial charge in [-0.1, -0.05) is 19.8 Å². The molecule has 0 radical (unpaired) electrons. The second-order valence-corrected chi connectivity index (χ2v) is 4.93. The first-order valence-electron chi connectivity index (χ1n) is 6.59. The molecule has 1 heterocycles. The first-order valence-corrected chi connectivity index (χ1v) is 6.59. The third-order valence-corrected chi connectivity index (χ3v) is 3.20. The van der Waals surface area contributed by atoms with Crippen molar-refractivity contribution in [2.45, 2.75) is 65.0 Å². The zero-order valence-electron chi connectivity index (χ0n) is 10.7. The fraction of sp³-hybridized carbons (Fsp3) is 1.00. The van der Waals surface area contributed by atoms with Gasteiger partial charge in [0.25, 0.3) is 0 Å². The Labute approximate surface area is 95.0 Å². The van der Waals surface area contributed by atoms with Crippen LogP contribution in [0.5, 0.6) is 0 Å². The molecule has 2 heteroatoms. The maximum atomic E-state index is 5.89. The van der Waals surface area contributed by atoms with E-state index in [1.807, 2.05) is 0 Å². The lowest BCUT2D eigenvalue weighted by Crippen LogP contribution is -2.39. The summed E-state index contributed by atoms with van der Waals surface area (Å²) in [6.45, 7) is 10.1. The number of hydrogen-bond acceptors (Lipinski definition) is 2. The van der Waals surface area contributed by atoms with Crippen molar-refractivity contribution < 1.29 is 4.74 Å². The predicted octanol–water partition coefficient (Wildman–Crippen LogP) is 3.07. The summed E-state index contributed by atoms with van der Waals surface area (Å²) in [5.41, 5.74) is 0. The molecule has 1 unspecified atom stereocenters. The number of nitrogens with zero attached hydrogens (tertiary/aromatic N) is 1. The highest BCUT2D eigenvalue weighted by Crippen LogP contribution is 2.15. The lowest BCUT2D eigenvalue weighted by molar-refractivity contribution is 0.0229. The Morgan fingerprint density at radius 3 is 2.73 bits per heavy atom. The third kappa shape index (κ3) is 4.98. The van der Waals surface area contributed by atoms with Crippen LogP contribution >= 0.6 is 0 Å². The second kappa shape index (κ2) is 7.24. The smallest absolute Gasteiger partial charge is 0.0702 e. The van der Waals surface area contributed by atoms with Gasteiger partial charge in [-0.05, 0) is 39.7 Å². The van der Waals surface area contributed by atoms with Gasteiger partial charge >= 0.3 is 0 Å². The molecule has 0 aromatic heterocycles. The molecule has 2 nitrogen and oxygen atoms in total. The maximum absolute atomic E-state index is 5.89. The summed E-state index contributed by atoms with van der Waals surface area (Å²) in [5.74, 6) is 0. The first-order chi connectivity index (χ1) is 7.24. The van der Waals surface area contributed by atoms with Crippen LogP contribution in [0.3, 0.4) is 0 Å². The lowest BCUT2D eigenvalue weighted by atomic mass is 10.1. The van der Waals surface area contributed by atoms with Crippen molar-refractivity contribution in [3.8, 4) is 0 Å². The van der Waals surface area contributed by atoms with E-state index in [1.54, 1.807) is 0 Å². The van der Waals surface area contributed by atoms with Crippen LogP contribution in [0.25, 0.3) is 0 Å². The van der Waals surface area contributed by atoms with Gasteiger partial charge in [-0.25, -0.2) is 0 Å². The molecule has 15 heavy (non-hydrogen) atoms. The van der Waals surface area contributed by atoms with E-state index in [-0.39, 0.29) is 0 Å². The number of hydrogen-bond donors (Lipinski definition) is 0. The molecule has 0 aromatic carbocycles. The highest BCUT2D eigenvalue weighted by atomic mass is 16.5. The fourth-order valence-corrected chi connectivity index (χ4v) is 2.24. The topological polar surface area (TPSA) is 12.5 Å². The van der Waals surface area contributed by atoms with Gasteiger partial charge in [0.2, 0.25) is 0 Å². The minimum absolute atomic E-state index is 0.487. The van der Waals surface area contributed by atoms with Gasteiger partial charge in [0.15, 0.2) is 0 Å². The Hall–Kier alpha value is -0.0800. The van der Waals surface area contributed by atoms with Crippen molar-refractivity contribution in [1.82, 2.24) is 4.90 Å². The monoisotopic (exact) mass is 213 g/mol. The Kier molecular flexibility index (Phi) is 6.26. The van der Waals surface area contributed by atoms with Gasteiger partial charge < -0.3 is 4.74 Å². The van der Waals surface area contributed by atoms with Crippen LogP contribution in [-0.2, 0) is 4.74 Å². The number of rotatable bonds is 5. The van der Waals surface area contributed by atoms with Crippen molar-refractivity contribution in [3.63, 3.8) is 0 Å². The van der Waals surface area contributed by atoms with Gasteiger partial charge in [-0.3, -0.25) is 4.90 Å². The lowest BCUT2D eigenvalue weighted by Gasteiger charge is -2.29. The Morgan fingerprint density at radius 1 is 1.27 bits per heavy atom. The Bertz CT molecular complexity index is 151. The molecule has 0 aliphatic carbocycles. The summed E-state index contributed by atoms with van der Waals surface area (Å²) < 4.78 is 5.89. The molecule has 0 bridgehead atoms. The normalized spacial score (nSPS) is 23.4. The van der Waals surface area contributed by atoms with E-state index in [1.165, 1.54) is 38.6 Å². The molecule has 1 atom stereocenters. The summed E-state index contributed by atoms with van der Waals surface area (Å²) in [5, 5.41) is 0. The van der Waals surface area contributed by atoms with Gasteiger partial charge in [0.05, 0.1) is 6.10 Å². The SMILES string of the molecule is CCCN(CC1CCCCCO1)C(C)C. The van der Waals surface area contributed by atoms with Crippen LogP contribution in [-0.4, -0.2) is 36.7 Å². The average Bonchev–Trinajstić information content (AvgIpc) is 2.45. The van der Waals surface area contributed by atoms with E-state index in [4.69, 9.17) is 4.74 Å². The van der Waals surface area contributed by atoms with Crippen LogP contribution < -0.4 is 0 Å². The standard InChI is InChI=1S/C13H27NO/c1-4-9-14(12(2)3)11-13-8-6-5-7-10-15-13/h12-13H,4-11H2,1-3H3. The quantitative estimate of drug-likeness (QED) is 0.696. The van der Waals surface area contributed by atoms with Gasteiger partial charge in [0, 0.05) is 19.2 Å². The summed E-state index contributed by atoms with van der Waals surface area (Å²) in [4.78, 5) is 2.55. The maximum Gasteiger partial charge on any atom is 0.0702 e. The zero-order chi connectivity index (χ0) is 11.1. The van der Waals surface area contributed by atoms with E-state index in [2.05, 4.69) is 25.7 Å². The molecule has 1 rings (SSSR count). The zero-order valence-corrected chi connectivity index (χ0v) is 10.7. The minimum atomic E-state index is 0.487. The molecule has 1 saturated heterocycles. The highest BCUT2D eigenvalue weighted by molar-refractivity contribution is 4.71. The molecular formula is C13H27NO. The molecule has 1 aliphatic rings. The molecule has 0 spiro atoms. The van der Waals surface area contributed by atoms with Crippen molar-refractivity contribution in [2.75, 3.05) is 19.7 Å². The Balaban J connectivity index is 2.34. The van der Waals surface area contributed by atoms with Crippen molar-refractivity contribution in [3.05, 3.63) is 0 Å². The summed E-state index contributed by atoms with van der Waals surface area (Å²) in [6, 6.07) is 0.650. The molecule has 1 aliphatic heterocycles. The molecule has 1 fully saturated rings. The highest BCUT2D eigenvalue weighted by Gasteiger charge is 2.17. The summed E-state index contributed by atoms with van der Waals surface area (Å²) >= 11 is 0. The minimum Gasteiger partial charge on any atom is -0.377 e. The summed E-state index contributed by atoms with van der Waals surface area (Å²) in [7, 11) is 0. The second-order valence-electron chi connectivity index (χ2n) is 4.93. The largest absolute Gasteiger partial charge is 0.377 e. The average molecular weight is 213 g/mol. The first kappa shape index (κ1) is 13.0. The van der Waals surface area contributed by atoms with Crippen LogP contribution in [0, 0.1) is 0 Å². The van der Waals surface area contributed by atoms with Crippen LogP contribution in [0.2, 0.25) is 0 Å². The van der Waals surface area contributed by atoms with E-state index in [9.17, 15) is 0 Å². The van der Waals surface area contributed by atoms with E-state index in [0.29, 0.717) is 12.1 Å². The van der Waals surface area contributed by atoms with Gasteiger partial charge in [-0.2, -0.15) is 0 Å². The van der Waals surface area contributed by atoms with Crippen LogP contribution in [0.1, 0.15) is 52.9 Å². The summed E-state index contributed by atoms with van der Waals surface area (Å²) in [6.07, 6.45) is 6.94. The van der Waals surface area contributed by atoms with Gasteiger partial charge in [-0.15, -0.1) is 0 Å².